The molecular formula is C20H26N6O2. The Bertz CT molecular complexity index is 838. The number of carbonyl (C=O) groups is 1. The highest BCUT2D eigenvalue weighted by molar-refractivity contribution is 5.74. The molecule has 0 saturated carbocycles. The Kier molecular flexibility index (Phi) is 4.52. The van der Waals surface area contributed by atoms with Crippen molar-refractivity contribution >= 4 is 6.03 Å². The topological polar surface area (TPSA) is 75.5 Å². The van der Waals surface area contributed by atoms with Gasteiger partial charge in [-0.2, -0.15) is 0 Å². The minimum Gasteiger partial charge on any atom is -0.378 e. The SMILES string of the molecule is O=C(N1CCOCC1)N1CCC2(CC1)NCCn1c(-c3cccnc3)cnc12. The van der Waals surface area contributed by atoms with Crippen molar-refractivity contribution < 1.29 is 9.53 Å². The van der Waals surface area contributed by atoms with E-state index < -0.39 is 0 Å². The molecule has 8 heteroatoms. The lowest BCUT2D eigenvalue weighted by Crippen LogP contribution is -2.58. The van der Waals surface area contributed by atoms with Crippen molar-refractivity contribution in [2.24, 2.45) is 0 Å². The Morgan fingerprint density at radius 1 is 1.07 bits per heavy atom. The number of likely N-dealkylation sites (tertiary alicyclic amines) is 1. The molecule has 0 unspecified atom stereocenters. The minimum atomic E-state index is -0.152. The highest BCUT2D eigenvalue weighted by Gasteiger charge is 2.43. The zero-order chi connectivity index (χ0) is 19.0. The van der Waals surface area contributed by atoms with Crippen LogP contribution in [0.25, 0.3) is 11.3 Å². The van der Waals surface area contributed by atoms with Crippen LogP contribution in [0.15, 0.2) is 30.7 Å². The first-order valence-electron chi connectivity index (χ1n) is 10.1. The van der Waals surface area contributed by atoms with E-state index in [1.807, 2.05) is 28.3 Å². The predicted octanol–water partition coefficient (Wildman–Crippen LogP) is 1.29. The lowest BCUT2D eigenvalue weighted by atomic mass is 9.85. The minimum absolute atomic E-state index is 0.147. The Morgan fingerprint density at radius 3 is 2.61 bits per heavy atom. The van der Waals surface area contributed by atoms with Crippen molar-refractivity contribution in [2.75, 3.05) is 45.9 Å². The smallest absolute Gasteiger partial charge is 0.320 e. The third-order valence-corrected chi connectivity index (χ3v) is 6.21. The van der Waals surface area contributed by atoms with Crippen LogP contribution in [0.4, 0.5) is 4.79 Å². The number of piperidine rings is 1. The number of pyridine rings is 1. The standard InChI is InChI=1S/C20H26N6O2/c27-19(25-10-12-28-13-11-25)24-7-3-20(4-8-24)18-22-15-17(26(18)9-6-23-20)16-2-1-5-21-14-16/h1-2,5,14-15,23H,3-4,6-13H2. The Labute approximate surface area is 164 Å². The van der Waals surface area contributed by atoms with Gasteiger partial charge in [-0.25, -0.2) is 9.78 Å². The molecule has 2 aromatic rings. The Hall–Kier alpha value is -2.45. The molecule has 8 nitrogen and oxygen atoms in total. The van der Waals surface area contributed by atoms with Gasteiger partial charge in [0.15, 0.2) is 0 Å². The zero-order valence-electron chi connectivity index (χ0n) is 16.0. The van der Waals surface area contributed by atoms with Crippen molar-refractivity contribution in [2.45, 2.75) is 24.9 Å². The zero-order valence-corrected chi connectivity index (χ0v) is 16.0. The number of imidazole rings is 1. The normalized spacial score (nSPS) is 21.6. The summed E-state index contributed by atoms with van der Waals surface area (Å²) in [6, 6.07) is 4.19. The number of nitrogens with zero attached hydrogens (tertiary/aromatic N) is 5. The summed E-state index contributed by atoms with van der Waals surface area (Å²) >= 11 is 0. The number of rotatable bonds is 1. The van der Waals surface area contributed by atoms with Gasteiger partial charge < -0.3 is 24.4 Å². The lowest BCUT2D eigenvalue weighted by molar-refractivity contribution is 0.0363. The first-order valence-corrected chi connectivity index (χ1v) is 10.1. The molecular weight excluding hydrogens is 356 g/mol. The molecule has 28 heavy (non-hydrogen) atoms. The van der Waals surface area contributed by atoms with E-state index in [9.17, 15) is 4.79 Å². The summed E-state index contributed by atoms with van der Waals surface area (Å²) in [6.45, 7) is 5.97. The fourth-order valence-electron chi connectivity index (χ4n) is 4.65. The van der Waals surface area contributed by atoms with E-state index in [0.29, 0.717) is 26.3 Å². The lowest BCUT2D eigenvalue weighted by Gasteiger charge is -2.45. The van der Waals surface area contributed by atoms with Gasteiger partial charge in [-0.3, -0.25) is 4.98 Å². The summed E-state index contributed by atoms with van der Waals surface area (Å²) in [6.07, 6.45) is 7.41. The highest BCUT2D eigenvalue weighted by atomic mass is 16.5. The van der Waals surface area contributed by atoms with Crippen LogP contribution in [0.5, 0.6) is 0 Å². The molecule has 0 radical (unpaired) electrons. The van der Waals surface area contributed by atoms with Crippen LogP contribution < -0.4 is 5.32 Å². The molecule has 3 aliphatic heterocycles. The fraction of sp³-hybridized carbons (Fsp3) is 0.550. The maximum Gasteiger partial charge on any atom is 0.320 e. The summed E-state index contributed by atoms with van der Waals surface area (Å²) in [5.41, 5.74) is 2.06. The van der Waals surface area contributed by atoms with Crippen LogP contribution in [0.3, 0.4) is 0 Å². The largest absolute Gasteiger partial charge is 0.378 e. The maximum absolute atomic E-state index is 12.8. The van der Waals surface area contributed by atoms with Gasteiger partial charge in [0, 0.05) is 57.2 Å². The van der Waals surface area contributed by atoms with Crippen LogP contribution in [0.1, 0.15) is 18.7 Å². The second-order valence-electron chi connectivity index (χ2n) is 7.74. The Balaban J connectivity index is 1.34. The monoisotopic (exact) mass is 382 g/mol. The summed E-state index contributed by atoms with van der Waals surface area (Å²) in [4.78, 5) is 25.8. The van der Waals surface area contributed by atoms with Gasteiger partial charge >= 0.3 is 6.03 Å². The maximum atomic E-state index is 12.8. The van der Waals surface area contributed by atoms with E-state index in [-0.39, 0.29) is 11.6 Å². The molecule has 148 valence electrons. The van der Waals surface area contributed by atoms with Gasteiger partial charge in [-0.1, -0.05) is 0 Å². The molecule has 0 aliphatic carbocycles. The number of ether oxygens (including phenoxy) is 1. The molecule has 0 aromatic carbocycles. The van der Waals surface area contributed by atoms with Crippen molar-refractivity contribution in [1.82, 2.24) is 29.7 Å². The van der Waals surface area contributed by atoms with Gasteiger partial charge in [0.05, 0.1) is 30.6 Å². The first kappa shape index (κ1) is 17.6. The third-order valence-electron chi connectivity index (χ3n) is 6.21. The summed E-state index contributed by atoms with van der Waals surface area (Å²) < 4.78 is 7.69. The number of morpholine rings is 1. The first-order chi connectivity index (χ1) is 13.8. The summed E-state index contributed by atoms with van der Waals surface area (Å²) in [7, 11) is 0. The molecule has 2 fully saturated rings. The molecule has 5 rings (SSSR count). The molecule has 2 saturated heterocycles. The second-order valence-corrected chi connectivity index (χ2v) is 7.74. The highest BCUT2D eigenvalue weighted by Crippen LogP contribution is 2.36. The number of hydrogen-bond acceptors (Lipinski definition) is 5. The van der Waals surface area contributed by atoms with E-state index in [1.165, 1.54) is 0 Å². The van der Waals surface area contributed by atoms with Gasteiger partial charge in [-0.05, 0) is 25.0 Å². The number of amides is 2. The molecule has 0 bridgehead atoms. The number of carbonyl (C=O) groups excluding carboxylic acids is 1. The molecule has 2 amide bonds. The average molecular weight is 382 g/mol. The van der Waals surface area contributed by atoms with E-state index >= 15 is 0 Å². The molecule has 2 aromatic heterocycles. The van der Waals surface area contributed by atoms with E-state index in [1.54, 1.807) is 6.20 Å². The number of urea groups is 1. The molecule has 0 atom stereocenters. The predicted molar refractivity (Wildman–Crippen MR) is 104 cm³/mol. The second kappa shape index (κ2) is 7.18. The molecule has 1 N–H and O–H groups in total. The number of aromatic nitrogens is 3. The summed E-state index contributed by atoms with van der Waals surface area (Å²) in [5, 5.41) is 3.72. The van der Waals surface area contributed by atoms with E-state index in [0.717, 1.165) is 56.1 Å². The van der Waals surface area contributed by atoms with Gasteiger partial charge in [0.25, 0.3) is 0 Å². The average Bonchev–Trinajstić information content (AvgIpc) is 3.21. The fourth-order valence-corrected chi connectivity index (χ4v) is 4.65. The van der Waals surface area contributed by atoms with Crippen molar-refractivity contribution in [3.05, 3.63) is 36.5 Å². The number of hydrogen-bond donors (Lipinski definition) is 1. The van der Waals surface area contributed by atoms with E-state index in [4.69, 9.17) is 9.72 Å². The van der Waals surface area contributed by atoms with Crippen LogP contribution in [0, 0.1) is 0 Å². The van der Waals surface area contributed by atoms with Crippen LogP contribution in [0.2, 0.25) is 0 Å². The quantitative estimate of drug-likeness (QED) is 0.804. The number of nitrogens with one attached hydrogen (secondary N) is 1. The van der Waals surface area contributed by atoms with Gasteiger partial charge in [-0.15, -0.1) is 0 Å². The van der Waals surface area contributed by atoms with Gasteiger partial charge in [0.1, 0.15) is 5.82 Å². The Morgan fingerprint density at radius 2 is 1.86 bits per heavy atom. The van der Waals surface area contributed by atoms with Gasteiger partial charge in [0.2, 0.25) is 0 Å². The molecule has 5 heterocycles. The van der Waals surface area contributed by atoms with Crippen molar-refractivity contribution in [3.8, 4) is 11.3 Å². The van der Waals surface area contributed by atoms with Crippen LogP contribution in [-0.4, -0.2) is 76.3 Å². The van der Waals surface area contributed by atoms with E-state index in [2.05, 4.69) is 20.9 Å². The van der Waals surface area contributed by atoms with Crippen molar-refractivity contribution in [3.63, 3.8) is 0 Å². The molecule has 1 spiro atoms. The number of fused-ring (bicyclic) bond motifs is 2. The van der Waals surface area contributed by atoms with Crippen LogP contribution >= 0.6 is 0 Å². The van der Waals surface area contributed by atoms with Crippen LogP contribution in [-0.2, 0) is 16.8 Å². The third kappa shape index (κ3) is 2.97. The van der Waals surface area contributed by atoms with Crippen molar-refractivity contribution in [1.29, 1.82) is 0 Å². The molecule has 3 aliphatic rings. The summed E-state index contributed by atoms with van der Waals surface area (Å²) in [5.74, 6) is 1.09.